The lowest BCUT2D eigenvalue weighted by Gasteiger charge is -2.11. The van der Waals surface area contributed by atoms with Gasteiger partial charge in [0.15, 0.2) is 0 Å². The van der Waals surface area contributed by atoms with Gasteiger partial charge in [-0.1, -0.05) is 77.0 Å². The third-order valence-electron chi connectivity index (χ3n) is 7.96. The fraction of sp³-hybridized carbons (Fsp3) is 0.471. The Bertz CT molecular complexity index is 1320. The van der Waals surface area contributed by atoms with E-state index < -0.39 is 46.9 Å². The molecule has 12 nitrogen and oxygen atoms in total. The van der Waals surface area contributed by atoms with Gasteiger partial charge in [-0.3, -0.25) is 0 Å². The second-order valence-electron chi connectivity index (χ2n) is 11.4. The highest BCUT2D eigenvalue weighted by atomic mass is 16.4. The first kappa shape index (κ1) is 37.4. The van der Waals surface area contributed by atoms with Crippen molar-refractivity contribution in [1.29, 1.82) is 0 Å². The molecule has 0 spiro atoms. The topological polar surface area (TPSA) is 224 Å². The largest absolute Gasteiger partial charge is 0.478 e. The number of rotatable bonds is 23. The summed E-state index contributed by atoms with van der Waals surface area (Å²) in [6.45, 7) is 0. The van der Waals surface area contributed by atoms with Crippen LogP contribution in [0.25, 0.3) is 0 Å². The van der Waals surface area contributed by atoms with Crippen molar-refractivity contribution in [2.45, 2.75) is 103 Å². The summed E-state index contributed by atoms with van der Waals surface area (Å²) in [7, 11) is 0. The Kier molecular flexibility index (Phi) is 15.4. The maximum atomic E-state index is 11.7. The van der Waals surface area contributed by atoms with E-state index >= 15 is 0 Å². The van der Waals surface area contributed by atoms with Crippen molar-refractivity contribution < 1.29 is 59.4 Å². The van der Waals surface area contributed by atoms with Gasteiger partial charge < -0.3 is 30.6 Å². The fourth-order valence-corrected chi connectivity index (χ4v) is 5.64. The SMILES string of the molecule is O=C(O)c1cc(CCCCCCCCCCCCCCCCc2cc(C(=O)O)cc(C(=O)O)c2C(=O)O)c(C(=O)O)c(C(=O)O)c1. The van der Waals surface area contributed by atoms with Gasteiger partial charge in [-0.2, -0.15) is 0 Å². The first-order chi connectivity index (χ1) is 21.8. The molecule has 0 saturated carbocycles. The first-order valence-corrected chi connectivity index (χ1v) is 15.6. The summed E-state index contributed by atoms with van der Waals surface area (Å²) in [6, 6.07) is 4.25. The van der Waals surface area contributed by atoms with Gasteiger partial charge in [0.1, 0.15) is 0 Å². The minimum atomic E-state index is -1.48. The van der Waals surface area contributed by atoms with Crippen LogP contribution >= 0.6 is 0 Å². The van der Waals surface area contributed by atoms with Crippen LogP contribution < -0.4 is 0 Å². The van der Waals surface area contributed by atoms with Gasteiger partial charge in [-0.15, -0.1) is 0 Å². The van der Waals surface area contributed by atoms with Crippen molar-refractivity contribution in [2.24, 2.45) is 0 Å². The van der Waals surface area contributed by atoms with E-state index in [4.69, 9.17) is 0 Å². The van der Waals surface area contributed by atoms with E-state index in [0.29, 0.717) is 12.8 Å². The van der Waals surface area contributed by atoms with E-state index in [-0.39, 0.29) is 46.2 Å². The van der Waals surface area contributed by atoms with E-state index in [9.17, 15) is 59.4 Å². The Labute approximate surface area is 266 Å². The monoisotopic (exact) mass is 642 g/mol. The lowest BCUT2D eigenvalue weighted by atomic mass is 9.93. The van der Waals surface area contributed by atoms with Gasteiger partial charge in [0.25, 0.3) is 0 Å². The number of unbranched alkanes of at least 4 members (excludes halogenated alkanes) is 13. The molecular formula is C34H42O12. The van der Waals surface area contributed by atoms with E-state index in [1.54, 1.807) is 0 Å². The molecule has 0 radical (unpaired) electrons. The highest BCUT2D eigenvalue weighted by Gasteiger charge is 2.24. The van der Waals surface area contributed by atoms with Gasteiger partial charge in [0.2, 0.25) is 0 Å². The normalized spacial score (nSPS) is 10.9. The minimum Gasteiger partial charge on any atom is -0.478 e. The minimum absolute atomic E-state index is 0.219. The highest BCUT2D eigenvalue weighted by Crippen LogP contribution is 2.23. The first-order valence-electron chi connectivity index (χ1n) is 15.6. The Hall–Kier alpha value is -4.74. The van der Waals surface area contributed by atoms with Crippen molar-refractivity contribution in [1.82, 2.24) is 0 Å². The molecule has 0 aromatic heterocycles. The third-order valence-corrected chi connectivity index (χ3v) is 7.96. The second kappa shape index (κ2) is 18.9. The molecule has 0 fully saturated rings. The van der Waals surface area contributed by atoms with E-state index in [0.717, 1.165) is 89.2 Å². The van der Waals surface area contributed by atoms with E-state index in [2.05, 4.69) is 0 Å². The highest BCUT2D eigenvalue weighted by molar-refractivity contribution is 6.06. The summed E-state index contributed by atoms with van der Waals surface area (Å²) in [4.78, 5) is 69.0. The van der Waals surface area contributed by atoms with Crippen molar-refractivity contribution in [3.8, 4) is 0 Å². The zero-order valence-corrected chi connectivity index (χ0v) is 25.8. The van der Waals surface area contributed by atoms with Crippen LogP contribution in [0.1, 0.15) is 163 Å². The lowest BCUT2D eigenvalue weighted by molar-refractivity contribution is 0.0647. The summed E-state index contributed by atoms with van der Waals surface area (Å²) in [5.74, 6) is -8.35. The van der Waals surface area contributed by atoms with Crippen LogP contribution in [0.2, 0.25) is 0 Å². The van der Waals surface area contributed by atoms with Crippen molar-refractivity contribution in [3.63, 3.8) is 0 Å². The molecule has 6 N–H and O–H groups in total. The van der Waals surface area contributed by atoms with Crippen LogP contribution in [0.5, 0.6) is 0 Å². The van der Waals surface area contributed by atoms with Crippen LogP contribution in [-0.2, 0) is 12.8 Å². The molecule has 0 unspecified atom stereocenters. The summed E-state index contributed by atoms with van der Waals surface area (Å²) in [5, 5.41) is 56.2. The maximum Gasteiger partial charge on any atom is 0.336 e. The van der Waals surface area contributed by atoms with Gasteiger partial charge in [0.05, 0.1) is 33.4 Å². The van der Waals surface area contributed by atoms with Crippen LogP contribution in [0.4, 0.5) is 0 Å². The molecule has 0 saturated heterocycles. The van der Waals surface area contributed by atoms with E-state index in [1.807, 2.05) is 0 Å². The smallest absolute Gasteiger partial charge is 0.336 e. The average molecular weight is 643 g/mol. The molecular weight excluding hydrogens is 600 g/mol. The number of hydrogen-bond donors (Lipinski definition) is 6. The van der Waals surface area contributed by atoms with Gasteiger partial charge in [0, 0.05) is 0 Å². The molecule has 12 heteroatoms. The van der Waals surface area contributed by atoms with Crippen LogP contribution in [-0.4, -0.2) is 66.5 Å². The molecule has 2 aromatic rings. The van der Waals surface area contributed by atoms with E-state index in [1.165, 1.54) is 12.1 Å². The zero-order chi connectivity index (χ0) is 34.2. The van der Waals surface area contributed by atoms with Gasteiger partial charge >= 0.3 is 35.8 Å². The molecule has 250 valence electrons. The molecule has 0 amide bonds. The zero-order valence-electron chi connectivity index (χ0n) is 25.8. The summed E-state index contributed by atoms with van der Waals surface area (Å²) in [5.41, 5.74) is -1.79. The van der Waals surface area contributed by atoms with Crippen molar-refractivity contribution >= 4 is 35.8 Å². The van der Waals surface area contributed by atoms with Crippen LogP contribution in [0.3, 0.4) is 0 Å². The third kappa shape index (κ3) is 11.6. The molecule has 0 aliphatic rings. The van der Waals surface area contributed by atoms with Crippen LogP contribution in [0.15, 0.2) is 24.3 Å². The number of carboxylic acids is 6. The Balaban J connectivity index is 1.59. The number of aryl methyl sites for hydroxylation is 2. The fourth-order valence-electron chi connectivity index (χ4n) is 5.64. The molecule has 2 aromatic carbocycles. The number of aromatic carboxylic acids is 6. The van der Waals surface area contributed by atoms with Gasteiger partial charge in [-0.05, 0) is 61.1 Å². The maximum absolute atomic E-state index is 11.7. The molecule has 0 aliphatic heterocycles. The Morgan fingerprint density at radius 3 is 0.826 bits per heavy atom. The summed E-state index contributed by atoms with van der Waals surface area (Å²) < 4.78 is 0. The standard InChI is InChI=1S/C34H42O12/c35-29(36)23-17-21(27(33(43)44)25(19-23)31(39)40)15-13-11-9-7-5-3-1-2-4-6-8-10-12-14-16-22-18-24(30(37)38)20-26(32(41)42)28(22)34(45)46/h17-20H,1-16H2,(H,35,36)(H,37,38)(H,39,40)(H,41,42)(H,43,44)(H,45,46). The Morgan fingerprint density at radius 1 is 0.348 bits per heavy atom. The Morgan fingerprint density at radius 2 is 0.609 bits per heavy atom. The summed E-state index contributed by atoms with van der Waals surface area (Å²) >= 11 is 0. The molecule has 2 rings (SSSR count). The number of hydrogen-bond acceptors (Lipinski definition) is 6. The summed E-state index contributed by atoms with van der Waals surface area (Å²) in [6.07, 6.45) is 14.0. The van der Waals surface area contributed by atoms with Gasteiger partial charge in [-0.25, -0.2) is 28.8 Å². The second-order valence-corrected chi connectivity index (χ2v) is 11.4. The predicted molar refractivity (Wildman–Crippen MR) is 167 cm³/mol. The molecule has 0 bridgehead atoms. The van der Waals surface area contributed by atoms with Crippen molar-refractivity contribution in [3.05, 3.63) is 68.8 Å². The quantitative estimate of drug-likeness (QED) is 0.0666. The van der Waals surface area contributed by atoms with Crippen molar-refractivity contribution in [2.75, 3.05) is 0 Å². The molecule has 0 heterocycles. The van der Waals surface area contributed by atoms with Crippen LogP contribution in [0, 0.1) is 0 Å². The predicted octanol–water partition coefficient (Wildman–Crippen LogP) is 7.12. The lowest BCUT2D eigenvalue weighted by Crippen LogP contribution is -2.14. The average Bonchev–Trinajstić information content (AvgIpc) is 2.99. The molecule has 0 atom stereocenters. The molecule has 0 aliphatic carbocycles. The number of benzene rings is 2. The molecule has 46 heavy (non-hydrogen) atoms. The number of carbonyl (C=O) groups is 6. The number of carboxylic acid groups (broad SMARTS) is 6.